The van der Waals surface area contributed by atoms with Crippen molar-refractivity contribution >= 4 is 22.5 Å². The molecule has 112 valence electrons. The molecule has 3 aromatic rings. The third kappa shape index (κ3) is 2.80. The summed E-state index contributed by atoms with van der Waals surface area (Å²) in [6, 6.07) is 14.2. The molecule has 1 heterocycles. The van der Waals surface area contributed by atoms with Gasteiger partial charge in [0.25, 0.3) is 5.91 Å². The number of ether oxygens (including phenoxy) is 1. The highest BCUT2D eigenvalue weighted by Gasteiger charge is 2.18. The highest BCUT2D eigenvalue weighted by atomic mass is 16.5. The molecule has 0 saturated carbocycles. The molecule has 0 fully saturated rings. The van der Waals surface area contributed by atoms with Crippen molar-refractivity contribution in [3.05, 3.63) is 60.3 Å². The van der Waals surface area contributed by atoms with Gasteiger partial charge in [0.2, 0.25) is 0 Å². The van der Waals surface area contributed by atoms with E-state index in [1.807, 2.05) is 24.4 Å². The number of H-pyrrole nitrogens is 1. The van der Waals surface area contributed by atoms with Crippen LogP contribution in [0.4, 0.5) is 5.69 Å². The Morgan fingerprint density at radius 2 is 2.09 bits per heavy atom. The minimum absolute atomic E-state index is 0.483. The molecule has 1 amide bonds. The molecule has 0 radical (unpaired) electrons. The summed E-state index contributed by atoms with van der Waals surface area (Å²) >= 11 is 0. The predicted molar refractivity (Wildman–Crippen MR) is 84.9 cm³/mol. The Balaban J connectivity index is 1.77. The van der Waals surface area contributed by atoms with Gasteiger partial charge >= 0.3 is 0 Å². The standard InChI is InChI=1S/C17H16N2O3/c1-22-14-4-2-3-12(10-14)16(20)17(21)19-13-5-6-15-11(9-13)7-8-18-15/h2-10,16,18,20H,1H3,(H,19,21). The van der Waals surface area contributed by atoms with Gasteiger partial charge in [-0.25, -0.2) is 0 Å². The molecule has 3 rings (SSSR count). The minimum atomic E-state index is -1.25. The number of anilines is 1. The Hall–Kier alpha value is -2.79. The summed E-state index contributed by atoms with van der Waals surface area (Å²) in [5.41, 5.74) is 2.12. The molecule has 0 aliphatic carbocycles. The third-order valence-corrected chi connectivity index (χ3v) is 3.48. The second-order valence-electron chi connectivity index (χ2n) is 4.95. The Morgan fingerprint density at radius 1 is 1.23 bits per heavy atom. The maximum atomic E-state index is 12.2. The third-order valence-electron chi connectivity index (χ3n) is 3.48. The molecular weight excluding hydrogens is 280 g/mol. The number of aromatic amines is 1. The van der Waals surface area contributed by atoms with Crippen LogP contribution in [0, 0.1) is 0 Å². The smallest absolute Gasteiger partial charge is 0.257 e. The van der Waals surface area contributed by atoms with Crippen molar-refractivity contribution in [1.29, 1.82) is 0 Å². The average Bonchev–Trinajstić information content (AvgIpc) is 3.01. The van der Waals surface area contributed by atoms with Crippen LogP contribution in [0.1, 0.15) is 11.7 Å². The number of carbonyl (C=O) groups is 1. The number of amides is 1. The summed E-state index contributed by atoms with van der Waals surface area (Å²) in [6.07, 6.45) is 0.582. The normalized spacial score (nSPS) is 12.1. The number of aromatic nitrogens is 1. The average molecular weight is 296 g/mol. The largest absolute Gasteiger partial charge is 0.497 e. The van der Waals surface area contributed by atoms with Crippen molar-refractivity contribution in [2.45, 2.75) is 6.10 Å². The fourth-order valence-electron chi connectivity index (χ4n) is 2.30. The highest BCUT2D eigenvalue weighted by molar-refractivity contribution is 5.96. The number of rotatable bonds is 4. The van der Waals surface area contributed by atoms with E-state index in [-0.39, 0.29) is 0 Å². The topological polar surface area (TPSA) is 74.3 Å². The SMILES string of the molecule is COc1cccc(C(O)C(=O)Nc2ccc3[nH]ccc3c2)c1. The summed E-state index contributed by atoms with van der Waals surface area (Å²) in [5.74, 6) is 0.112. The molecule has 5 heteroatoms. The number of carbonyl (C=O) groups excluding carboxylic acids is 1. The van der Waals surface area contributed by atoms with Crippen molar-refractivity contribution in [1.82, 2.24) is 4.98 Å². The molecule has 0 aliphatic heterocycles. The van der Waals surface area contributed by atoms with Crippen LogP contribution in [0.5, 0.6) is 5.75 Å². The van der Waals surface area contributed by atoms with Gasteiger partial charge in [-0.1, -0.05) is 12.1 Å². The number of aliphatic hydroxyl groups is 1. The van der Waals surface area contributed by atoms with Crippen molar-refractivity contribution in [3.8, 4) is 5.75 Å². The molecule has 5 nitrogen and oxygen atoms in total. The molecule has 0 bridgehead atoms. The maximum absolute atomic E-state index is 12.2. The van der Waals surface area contributed by atoms with Gasteiger partial charge in [-0.05, 0) is 42.0 Å². The number of hydrogen-bond donors (Lipinski definition) is 3. The molecule has 3 N–H and O–H groups in total. The Morgan fingerprint density at radius 3 is 2.91 bits per heavy atom. The number of nitrogens with one attached hydrogen (secondary N) is 2. The van der Waals surface area contributed by atoms with Gasteiger partial charge in [-0.15, -0.1) is 0 Å². The molecule has 22 heavy (non-hydrogen) atoms. The second-order valence-corrected chi connectivity index (χ2v) is 4.95. The summed E-state index contributed by atoms with van der Waals surface area (Å²) in [5, 5.41) is 13.9. The van der Waals surface area contributed by atoms with Crippen LogP contribution in [0.15, 0.2) is 54.7 Å². The van der Waals surface area contributed by atoms with E-state index in [0.717, 1.165) is 10.9 Å². The van der Waals surface area contributed by atoms with Crippen LogP contribution >= 0.6 is 0 Å². The molecular formula is C17H16N2O3. The lowest BCUT2D eigenvalue weighted by Crippen LogP contribution is -2.20. The van der Waals surface area contributed by atoms with Crippen molar-refractivity contribution in [2.75, 3.05) is 12.4 Å². The first-order valence-electron chi connectivity index (χ1n) is 6.87. The number of hydrogen-bond acceptors (Lipinski definition) is 3. The minimum Gasteiger partial charge on any atom is -0.497 e. The maximum Gasteiger partial charge on any atom is 0.257 e. The number of aliphatic hydroxyl groups excluding tert-OH is 1. The van der Waals surface area contributed by atoms with E-state index in [9.17, 15) is 9.90 Å². The predicted octanol–water partition coefficient (Wildman–Crippen LogP) is 2.85. The zero-order chi connectivity index (χ0) is 15.5. The van der Waals surface area contributed by atoms with E-state index in [4.69, 9.17) is 4.74 Å². The Labute approximate surface area is 127 Å². The first-order chi connectivity index (χ1) is 10.7. The molecule has 1 aromatic heterocycles. The van der Waals surface area contributed by atoms with Gasteiger partial charge in [0, 0.05) is 22.8 Å². The first kappa shape index (κ1) is 14.2. The Bertz CT molecular complexity index is 810. The fourth-order valence-corrected chi connectivity index (χ4v) is 2.30. The van der Waals surface area contributed by atoms with Gasteiger partial charge in [0.15, 0.2) is 6.10 Å². The molecule has 0 saturated heterocycles. The lowest BCUT2D eigenvalue weighted by atomic mass is 10.1. The number of benzene rings is 2. The van der Waals surface area contributed by atoms with Gasteiger partial charge < -0.3 is 20.1 Å². The van der Waals surface area contributed by atoms with Gasteiger partial charge in [0.1, 0.15) is 5.75 Å². The second kappa shape index (κ2) is 5.91. The van der Waals surface area contributed by atoms with E-state index < -0.39 is 12.0 Å². The van der Waals surface area contributed by atoms with Gasteiger partial charge in [-0.3, -0.25) is 4.79 Å². The van der Waals surface area contributed by atoms with Crippen molar-refractivity contribution in [2.24, 2.45) is 0 Å². The zero-order valence-electron chi connectivity index (χ0n) is 12.0. The van der Waals surface area contributed by atoms with E-state index in [0.29, 0.717) is 17.0 Å². The van der Waals surface area contributed by atoms with E-state index in [1.54, 1.807) is 30.3 Å². The fraction of sp³-hybridized carbons (Fsp3) is 0.118. The monoisotopic (exact) mass is 296 g/mol. The van der Waals surface area contributed by atoms with E-state index >= 15 is 0 Å². The van der Waals surface area contributed by atoms with Crippen molar-refractivity contribution < 1.29 is 14.6 Å². The molecule has 1 unspecified atom stereocenters. The molecule has 1 atom stereocenters. The Kier molecular flexibility index (Phi) is 3.80. The number of methoxy groups -OCH3 is 1. The van der Waals surface area contributed by atoms with Crippen LogP contribution < -0.4 is 10.1 Å². The van der Waals surface area contributed by atoms with E-state index in [1.165, 1.54) is 7.11 Å². The van der Waals surface area contributed by atoms with E-state index in [2.05, 4.69) is 10.3 Å². The zero-order valence-corrected chi connectivity index (χ0v) is 12.0. The summed E-state index contributed by atoms with van der Waals surface area (Å²) in [7, 11) is 1.54. The summed E-state index contributed by atoms with van der Waals surface area (Å²) in [6.45, 7) is 0. The van der Waals surface area contributed by atoms with Crippen LogP contribution in [-0.2, 0) is 4.79 Å². The molecule has 0 spiro atoms. The van der Waals surface area contributed by atoms with Crippen molar-refractivity contribution in [3.63, 3.8) is 0 Å². The van der Waals surface area contributed by atoms with Crippen LogP contribution in [0.2, 0.25) is 0 Å². The van der Waals surface area contributed by atoms with Gasteiger partial charge in [-0.2, -0.15) is 0 Å². The lowest BCUT2D eigenvalue weighted by Gasteiger charge is -2.12. The summed E-state index contributed by atoms with van der Waals surface area (Å²) < 4.78 is 5.10. The number of fused-ring (bicyclic) bond motifs is 1. The van der Waals surface area contributed by atoms with Crippen LogP contribution in [-0.4, -0.2) is 23.1 Å². The van der Waals surface area contributed by atoms with Crippen LogP contribution in [0.3, 0.4) is 0 Å². The first-order valence-corrected chi connectivity index (χ1v) is 6.87. The lowest BCUT2D eigenvalue weighted by molar-refractivity contribution is -0.124. The molecule has 2 aromatic carbocycles. The highest BCUT2D eigenvalue weighted by Crippen LogP contribution is 2.22. The van der Waals surface area contributed by atoms with Crippen LogP contribution in [0.25, 0.3) is 10.9 Å². The quantitative estimate of drug-likeness (QED) is 0.693. The summed E-state index contributed by atoms with van der Waals surface area (Å²) in [4.78, 5) is 15.3. The molecule has 0 aliphatic rings. The van der Waals surface area contributed by atoms with Gasteiger partial charge in [0.05, 0.1) is 7.11 Å².